The summed E-state index contributed by atoms with van der Waals surface area (Å²) in [5, 5.41) is 9.08. The molecule has 84 valence electrons. The van der Waals surface area contributed by atoms with Gasteiger partial charge in [-0.25, -0.2) is 9.18 Å². The van der Waals surface area contributed by atoms with Crippen LogP contribution in [0.15, 0.2) is 23.8 Å². The van der Waals surface area contributed by atoms with E-state index in [1.165, 1.54) is 12.1 Å². The van der Waals surface area contributed by atoms with Crippen molar-refractivity contribution in [2.24, 2.45) is 0 Å². The van der Waals surface area contributed by atoms with Crippen molar-refractivity contribution in [1.29, 1.82) is 0 Å². The second-order valence-corrected chi connectivity index (χ2v) is 3.92. The van der Waals surface area contributed by atoms with Gasteiger partial charge in [0, 0.05) is 5.57 Å². The summed E-state index contributed by atoms with van der Waals surface area (Å²) < 4.78 is 13.2. The Balaban J connectivity index is 2.61. The molecular formula is C13H13FO2. The number of hydrogen-bond donors (Lipinski definition) is 1. The number of aryl methyl sites for hydroxylation is 1. The Morgan fingerprint density at radius 2 is 2.19 bits per heavy atom. The highest BCUT2D eigenvalue weighted by molar-refractivity contribution is 5.97. The summed E-state index contributed by atoms with van der Waals surface area (Å²) in [6.07, 6.45) is 1.84. The zero-order valence-corrected chi connectivity index (χ0v) is 9.09. The predicted octanol–water partition coefficient (Wildman–Crippen LogP) is 3.02. The molecule has 0 amide bonds. The zero-order valence-electron chi connectivity index (χ0n) is 9.09. The van der Waals surface area contributed by atoms with Crippen LogP contribution in [0.1, 0.15) is 30.9 Å². The lowest BCUT2D eigenvalue weighted by Crippen LogP contribution is -2.12. The van der Waals surface area contributed by atoms with Gasteiger partial charge in [-0.2, -0.15) is 0 Å². The van der Waals surface area contributed by atoms with Gasteiger partial charge in [0.1, 0.15) is 5.82 Å². The molecule has 0 aromatic heterocycles. The summed E-state index contributed by atoms with van der Waals surface area (Å²) in [5.74, 6) is -1.19. The average molecular weight is 220 g/mol. The monoisotopic (exact) mass is 220 g/mol. The Bertz CT molecular complexity index is 475. The molecule has 0 spiro atoms. The van der Waals surface area contributed by atoms with Gasteiger partial charge in [0.15, 0.2) is 0 Å². The fraction of sp³-hybridized carbons (Fsp3) is 0.308. The summed E-state index contributed by atoms with van der Waals surface area (Å²) in [5.41, 5.74) is 3.02. The van der Waals surface area contributed by atoms with Crippen LogP contribution in [-0.4, -0.2) is 11.1 Å². The van der Waals surface area contributed by atoms with Crippen molar-refractivity contribution >= 4 is 11.5 Å². The van der Waals surface area contributed by atoms with E-state index in [9.17, 15) is 9.18 Å². The lowest BCUT2D eigenvalue weighted by atomic mass is 9.84. The predicted molar refractivity (Wildman–Crippen MR) is 59.6 cm³/mol. The maximum absolute atomic E-state index is 13.2. The minimum absolute atomic E-state index is 0.309. The third-order valence-corrected chi connectivity index (χ3v) is 3.02. The molecular weight excluding hydrogens is 207 g/mol. The SMILES string of the molecule is CCC1=C(C(=O)O)CCc2ccc(F)cc21. The molecule has 16 heavy (non-hydrogen) atoms. The lowest BCUT2D eigenvalue weighted by molar-refractivity contribution is -0.132. The van der Waals surface area contributed by atoms with Crippen molar-refractivity contribution in [3.05, 3.63) is 40.7 Å². The fourth-order valence-corrected chi connectivity index (χ4v) is 2.26. The van der Waals surface area contributed by atoms with E-state index in [4.69, 9.17) is 5.11 Å². The molecule has 0 heterocycles. The Kier molecular flexibility index (Phi) is 2.77. The molecule has 3 heteroatoms. The van der Waals surface area contributed by atoms with Crippen LogP contribution >= 0.6 is 0 Å². The highest BCUT2D eigenvalue weighted by atomic mass is 19.1. The largest absolute Gasteiger partial charge is 0.478 e. The van der Waals surface area contributed by atoms with Gasteiger partial charge in [-0.15, -0.1) is 0 Å². The van der Waals surface area contributed by atoms with Crippen molar-refractivity contribution in [3.63, 3.8) is 0 Å². The van der Waals surface area contributed by atoms with E-state index in [-0.39, 0.29) is 5.82 Å². The molecule has 1 aliphatic carbocycles. The Hall–Kier alpha value is -1.64. The highest BCUT2D eigenvalue weighted by Crippen LogP contribution is 2.33. The minimum Gasteiger partial charge on any atom is -0.478 e. The number of carboxylic acids is 1. The first-order valence-electron chi connectivity index (χ1n) is 5.37. The van der Waals surface area contributed by atoms with Gasteiger partial charge in [0.05, 0.1) is 0 Å². The summed E-state index contributed by atoms with van der Waals surface area (Å²) in [7, 11) is 0. The maximum Gasteiger partial charge on any atom is 0.331 e. The van der Waals surface area contributed by atoms with Gasteiger partial charge in [-0.05, 0) is 48.1 Å². The van der Waals surface area contributed by atoms with E-state index in [0.29, 0.717) is 24.8 Å². The molecule has 0 atom stereocenters. The molecule has 2 nitrogen and oxygen atoms in total. The number of fused-ring (bicyclic) bond motifs is 1. The van der Waals surface area contributed by atoms with E-state index in [0.717, 1.165) is 16.7 Å². The smallest absolute Gasteiger partial charge is 0.331 e. The van der Waals surface area contributed by atoms with E-state index in [1.807, 2.05) is 6.92 Å². The second kappa shape index (κ2) is 4.08. The molecule has 0 saturated carbocycles. The van der Waals surface area contributed by atoms with Crippen molar-refractivity contribution in [1.82, 2.24) is 0 Å². The van der Waals surface area contributed by atoms with Crippen LogP contribution in [0.3, 0.4) is 0 Å². The number of halogens is 1. The normalized spacial score (nSPS) is 14.9. The van der Waals surface area contributed by atoms with Gasteiger partial charge in [-0.1, -0.05) is 13.0 Å². The molecule has 0 fully saturated rings. The number of carbonyl (C=O) groups is 1. The van der Waals surface area contributed by atoms with Gasteiger partial charge in [0.2, 0.25) is 0 Å². The van der Waals surface area contributed by atoms with Crippen LogP contribution in [0.2, 0.25) is 0 Å². The van der Waals surface area contributed by atoms with Crippen molar-refractivity contribution in [2.45, 2.75) is 26.2 Å². The topological polar surface area (TPSA) is 37.3 Å². The Morgan fingerprint density at radius 1 is 1.44 bits per heavy atom. The third-order valence-electron chi connectivity index (χ3n) is 3.02. The lowest BCUT2D eigenvalue weighted by Gasteiger charge is -2.20. The minimum atomic E-state index is -0.883. The standard InChI is InChI=1S/C13H13FO2/c1-2-10-11(13(15)16)6-4-8-3-5-9(14)7-12(8)10/h3,5,7H,2,4,6H2,1H3,(H,15,16). The van der Waals surface area contributed by atoms with E-state index >= 15 is 0 Å². The van der Waals surface area contributed by atoms with Gasteiger partial charge in [0.25, 0.3) is 0 Å². The van der Waals surface area contributed by atoms with Crippen molar-refractivity contribution in [2.75, 3.05) is 0 Å². The van der Waals surface area contributed by atoms with Crippen LogP contribution < -0.4 is 0 Å². The molecule has 0 saturated heterocycles. The van der Waals surface area contributed by atoms with Crippen molar-refractivity contribution in [3.8, 4) is 0 Å². The number of allylic oxidation sites excluding steroid dienone is 1. The summed E-state index contributed by atoms with van der Waals surface area (Å²) >= 11 is 0. The summed E-state index contributed by atoms with van der Waals surface area (Å²) in [4.78, 5) is 11.1. The first kappa shape index (κ1) is 10.9. The van der Waals surface area contributed by atoms with Gasteiger partial charge >= 0.3 is 5.97 Å². The van der Waals surface area contributed by atoms with E-state index in [1.54, 1.807) is 6.07 Å². The van der Waals surface area contributed by atoms with E-state index in [2.05, 4.69) is 0 Å². The number of carboxylic acid groups (broad SMARTS) is 1. The summed E-state index contributed by atoms with van der Waals surface area (Å²) in [6, 6.07) is 4.62. The Labute approximate surface area is 93.4 Å². The fourth-order valence-electron chi connectivity index (χ4n) is 2.26. The molecule has 0 aliphatic heterocycles. The van der Waals surface area contributed by atoms with Crippen LogP contribution in [0.4, 0.5) is 4.39 Å². The molecule has 0 unspecified atom stereocenters. The molecule has 1 aromatic carbocycles. The molecule has 0 bridgehead atoms. The molecule has 1 N–H and O–H groups in total. The van der Waals surface area contributed by atoms with Gasteiger partial charge in [-0.3, -0.25) is 0 Å². The van der Waals surface area contributed by atoms with Crippen molar-refractivity contribution < 1.29 is 14.3 Å². The molecule has 2 rings (SSSR count). The second-order valence-electron chi connectivity index (χ2n) is 3.92. The first-order chi connectivity index (χ1) is 7.63. The van der Waals surface area contributed by atoms with Gasteiger partial charge < -0.3 is 5.11 Å². The van der Waals surface area contributed by atoms with Crippen LogP contribution in [0, 0.1) is 5.82 Å². The quantitative estimate of drug-likeness (QED) is 0.831. The molecule has 1 aromatic rings. The van der Waals surface area contributed by atoms with E-state index < -0.39 is 5.97 Å². The Morgan fingerprint density at radius 3 is 2.81 bits per heavy atom. The molecule has 0 radical (unpaired) electrons. The highest BCUT2D eigenvalue weighted by Gasteiger charge is 2.22. The summed E-state index contributed by atoms with van der Waals surface area (Å²) in [6.45, 7) is 1.90. The number of benzene rings is 1. The third kappa shape index (κ3) is 1.73. The zero-order chi connectivity index (χ0) is 11.7. The van der Waals surface area contributed by atoms with Crippen LogP contribution in [-0.2, 0) is 11.2 Å². The number of rotatable bonds is 2. The number of aliphatic carboxylic acids is 1. The van der Waals surface area contributed by atoms with Crippen LogP contribution in [0.25, 0.3) is 5.57 Å². The maximum atomic E-state index is 13.2. The molecule has 1 aliphatic rings. The first-order valence-corrected chi connectivity index (χ1v) is 5.37. The van der Waals surface area contributed by atoms with Crippen LogP contribution in [0.5, 0.6) is 0 Å². The number of hydrogen-bond acceptors (Lipinski definition) is 1. The average Bonchev–Trinajstić information content (AvgIpc) is 2.27.